The number of rotatable bonds is 18. The fraction of sp³-hybridized carbons (Fsp3) is 0.533. The van der Waals surface area contributed by atoms with Crippen LogP contribution in [0.1, 0.15) is 106 Å². The molecule has 1 heterocycles. The molecule has 0 radical (unpaired) electrons. The molecule has 198 valence electrons. The zero-order chi connectivity index (χ0) is 26.2. The van der Waals surface area contributed by atoms with Crippen molar-refractivity contribution in [1.29, 1.82) is 0 Å². The maximum atomic E-state index is 13.1. The summed E-state index contributed by atoms with van der Waals surface area (Å²) in [5.74, 6) is 0.292. The molecule has 0 amide bonds. The summed E-state index contributed by atoms with van der Waals surface area (Å²) in [6, 6.07) is 4.88. The molecule has 0 saturated heterocycles. The molecule has 6 heteroatoms. The Labute approximate surface area is 227 Å². The normalized spacial score (nSPS) is 11.7. The summed E-state index contributed by atoms with van der Waals surface area (Å²) in [5, 5.41) is 5.21. The van der Waals surface area contributed by atoms with Gasteiger partial charge in [0.15, 0.2) is 0 Å². The molecule has 0 atom stereocenters. The van der Waals surface area contributed by atoms with Crippen LogP contribution in [0.5, 0.6) is 5.88 Å². The van der Waals surface area contributed by atoms with Crippen molar-refractivity contribution >= 4 is 29.0 Å². The molecule has 0 spiro atoms. The van der Waals surface area contributed by atoms with E-state index in [2.05, 4.69) is 36.3 Å². The summed E-state index contributed by atoms with van der Waals surface area (Å²) in [6.07, 6.45) is 23.6. The lowest BCUT2D eigenvalue weighted by Gasteiger charge is -2.10. The van der Waals surface area contributed by atoms with E-state index in [0.29, 0.717) is 39.4 Å². The molecule has 0 aliphatic carbocycles. The summed E-state index contributed by atoms with van der Waals surface area (Å²) >= 11 is 12.2. The summed E-state index contributed by atoms with van der Waals surface area (Å²) in [6.45, 7) is 4.61. The largest absolute Gasteiger partial charge is 0.477 e. The van der Waals surface area contributed by atoms with Crippen molar-refractivity contribution in [3.05, 3.63) is 69.4 Å². The van der Waals surface area contributed by atoms with Gasteiger partial charge >= 0.3 is 0 Å². The second-order valence-electron chi connectivity index (χ2n) is 9.28. The molecule has 1 aromatic heterocycles. The number of allylic oxidation sites excluding steroid dienone is 4. The number of aryl methyl sites for hydroxylation is 2. The minimum atomic E-state index is -0.200. The number of carbonyl (C=O) groups excluding carboxylic acids is 1. The molecular weight excluding hydrogens is 491 g/mol. The average molecular weight is 534 g/mol. The first-order chi connectivity index (χ1) is 17.5. The molecule has 1 aromatic carbocycles. The third kappa shape index (κ3) is 10.5. The highest BCUT2D eigenvalue weighted by atomic mass is 35.5. The topological polar surface area (TPSA) is 44.1 Å². The molecule has 4 nitrogen and oxygen atoms in total. The highest BCUT2D eigenvalue weighted by Gasteiger charge is 2.24. The predicted molar refractivity (Wildman–Crippen MR) is 153 cm³/mol. The zero-order valence-electron chi connectivity index (χ0n) is 22.2. The van der Waals surface area contributed by atoms with E-state index in [4.69, 9.17) is 27.9 Å². The van der Waals surface area contributed by atoms with E-state index >= 15 is 0 Å². The van der Waals surface area contributed by atoms with E-state index in [0.717, 1.165) is 19.3 Å². The summed E-state index contributed by atoms with van der Waals surface area (Å²) in [4.78, 5) is 13.1. The van der Waals surface area contributed by atoms with Crippen LogP contribution in [0, 0.1) is 6.92 Å². The average Bonchev–Trinajstić information content (AvgIpc) is 3.13. The van der Waals surface area contributed by atoms with Gasteiger partial charge in [0.2, 0.25) is 11.7 Å². The number of halogens is 2. The van der Waals surface area contributed by atoms with Crippen molar-refractivity contribution in [3.63, 3.8) is 0 Å². The van der Waals surface area contributed by atoms with Crippen molar-refractivity contribution in [3.8, 4) is 5.88 Å². The van der Waals surface area contributed by atoms with Gasteiger partial charge in [0.25, 0.3) is 0 Å². The number of carbonyl (C=O) groups is 1. The van der Waals surface area contributed by atoms with E-state index in [9.17, 15) is 4.79 Å². The van der Waals surface area contributed by atoms with Crippen LogP contribution in [-0.2, 0) is 7.05 Å². The van der Waals surface area contributed by atoms with Crippen LogP contribution in [0.2, 0.25) is 10.0 Å². The number of benzene rings is 1. The van der Waals surface area contributed by atoms with Crippen LogP contribution in [0.25, 0.3) is 0 Å². The van der Waals surface area contributed by atoms with Gasteiger partial charge in [-0.25, -0.2) is 4.68 Å². The first kappa shape index (κ1) is 30.2. The third-order valence-electron chi connectivity index (χ3n) is 6.16. The van der Waals surface area contributed by atoms with Crippen LogP contribution in [-0.4, -0.2) is 22.2 Å². The lowest BCUT2D eigenvalue weighted by Crippen LogP contribution is -2.09. The summed E-state index contributed by atoms with van der Waals surface area (Å²) < 4.78 is 7.64. The number of ether oxygens (including phenoxy) is 1. The van der Waals surface area contributed by atoms with Gasteiger partial charge in [-0.05, 0) is 63.6 Å². The van der Waals surface area contributed by atoms with Crippen LogP contribution >= 0.6 is 23.2 Å². The van der Waals surface area contributed by atoms with Crippen molar-refractivity contribution in [2.75, 3.05) is 6.61 Å². The number of unbranched alkanes of at least 4 members (excludes halogenated alkanes) is 9. The van der Waals surface area contributed by atoms with E-state index < -0.39 is 0 Å². The lowest BCUT2D eigenvalue weighted by atomic mass is 10.0. The molecule has 0 saturated carbocycles. The van der Waals surface area contributed by atoms with Gasteiger partial charge in [0.05, 0.1) is 17.3 Å². The highest BCUT2D eigenvalue weighted by molar-refractivity contribution is 6.37. The van der Waals surface area contributed by atoms with Gasteiger partial charge in [0.1, 0.15) is 5.56 Å². The molecule has 2 aromatic rings. The molecule has 0 aliphatic rings. The number of hydrogen-bond donors (Lipinski definition) is 0. The SMILES string of the molecule is CCCCCC=CCC=CCCCCCCCCOc1c(C(=O)c2ccc(Cl)cc2Cl)c(C)nn1C. The Morgan fingerprint density at radius 1 is 0.944 bits per heavy atom. The Morgan fingerprint density at radius 3 is 2.25 bits per heavy atom. The van der Waals surface area contributed by atoms with Crippen molar-refractivity contribution in [2.24, 2.45) is 7.05 Å². The molecule has 0 aliphatic heterocycles. The molecule has 36 heavy (non-hydrogen) atoms. The third-order valence-corrected chi connectivity index (χ3v) is 6.70. The number of aromatic nitrogens is 2. The molecular formula is C30H42Cl2N2O2. The van der Waals surface area contributed by atoms with Gasteiger partial charge in [-0.15, -0.1) is 0 Å². The minimum absolute atomic E-state index is 0.200. The maximum absolute atomic E-state index is 13.1. The quantitative estimate of drug-likeness (QED) is 0.109. The number of nitrogens with zero attached hydrogens (tertiary/aromatic N) is 2. The molecule has 2 rings (SSSR count). The van der Waals surface area contributed by atoms with Gasteiger partial charge < -0.3 is 4.74 Å². The lowest BCUT2D eigenvalue weighted by molar-refractivity contribution is 0.103. The first-order valence-electron chi connectivity index (χ1n) is 13.4. The van der Waals surface area contributed by atoms with Crippen molar-refractivity contribution < 1.29 is 9.53 Å². The summed E-state index contributed by atoms with van der Waals surface area (Å²) in [7, 11) is 1.79. The predicted octanol–water partition coefficient (Wildman–Crippen LogP) is 9.46. The number of hydrogen-bond acceptors (Lipinski definition) is 3. The minimum Gasteiger partial charge on any atom is -0.477 e. The standard InChI is InChI=1S/C30H42Cl2N2O2/c1-4-5-6-7-8-9-10-11-12-13-14-15-16-17-18-19-22-36-30-28(24(2)33-34(30)3)29(35)26-21-20-25(31)23-27(26)32/h8-9,11-12,20-21,23H,4-7,10,13-19,22H2,1-3H3. The molecule has 0 fully saturated rings. The van der Waals surface area contributed by atoms with Crippen molar-refractivity contribution in [1.82, 2.24) is 9.78 Å². The van der Waals surface area contributed by atoms with Gasteiger partial charge in [0, 0.05) is 17.6 Å². The second kappa shape index (κ2) is 17.4. The maximum Gasteiger partial charge on any atom is 0.223 e. The van der Waals surface area contributed by atoms with Crippen LogP contribution < -0.4 is 4.74 Å². The van der Waals surface area contributed by atoms with Gasteiger partial charge in [-0.3, -0.25) is 4.79 Å². The Bertz CT molecular complexity index is 995. The monoisotopic (exact) mass is 532 g/mol. The molecule has 0 unspecified atom stereocenters. The highest BCUT2D eigenvalue weighted by Crippen LogP contribution is 2.29. The fourth-order valence-electron chi connectivity index (χ4n) is 4.13. The smallest absolute Gasteiger partial charge is 0.223 e. The van der Waals surface area contributed by atoms with E-state index in [1.165, 1.54) is 57.8 Å². The summed E-state index contributed by atoms with van der Waals surface area (Å²) in [5.41, 5.74) is 1.48. The van der Waals surface area contributed by atoms with Crippen LogP contribution in [0.15, 0.2) is 42.5 Å². The van der Waals surface area contributed by atoms with Crippen molar-refractivity contribution in [2.45, 2.75) is 90.9 Å². The Kier molecular flexibility index (Phi) is 14.6. The Hall–Kier alpha value is -2.04. The van der Waals surface area contributed by atoms with E-state index in [1.807, 2.05) is 6.92 Å². The zero-order valence-corrected chi connectivity index (χ0v) is 23.7. The second-order valence-corrected chi connectivity index (χ2v) is 10.1. The molecule has 0 N–H and O–H groups in total. The van der Waals surface area contributed by atoms with Crippen LogP contribution in [0.4, 0.5) is 0 Å². The molecule has 0 bridgehead atoms. The fourth-order valence-corrected chi connectivity index (χ4v) is 4.63. The van der Waals surface area contributed by atoms with E-state index in [1.54, 1.807) is 29.9 Å². The Morgan fingerprint density at radius 2 is 1.58 bits per heavy atom. The van der Waals surface area contributed by atoms with Gasteiger partial charge in [-0.2, -0.15) is 5.10 Å². The van der Waals surface area contributed by atoms with E-state index in [-0.39, 0.29) is 5.78 Å². The van der Waals surface area contributed by atoms with Gasteiger partial charge in [-0.1, -0.05) is 93.0 Å². The Balaban J connectivity index is 1.63. The number of ketones is 1. The van der Waals surface area contributed by atoms with Crippen LogP contribution in [0.3, 0.4) is 0 Å². The first-order valence-corrected chi connectivity index (χ1v) is 14.2.